The summed E-state index contributed by atoms with van der Waals surface area (Å²) in [6.07, 6.45) is 0.441. The molecule has 0 radical (unpaired) electrons. The third-order valence-corrected chi connectivity index (χ3v) is 7.54. The minimum absolute atomic E-state index is 0.133. The first-order valence-corrected chi connectivity index (χ1v) is 16.4. The zero-order valence-electron chi connectivity index (χ0n) is 28.1. The van der Waals surface area contributed by atoms with Gasteiger partial charge in [0.05, 0.1) is 35.6 Å². The number of benzene rings is 3. The summed E-state index contributed by atoms with van der Waals surface area (Å²) >= 11 is 0. The number of allylic oxidation sites excluding steroid dienone is 4. The molecular weight excluding hydrogens is 599 g/mol. The molecule has 1 heterocycles. The van der Waals surface area contributed by atoms with E-state index in [1.54, 1.807) is 32.0 Å². The number of aryl methyl sites for hydroxylation is 1. The van der Waals surface area contributed by atoms with Crippen LogP contribution in [0.3, 0.4) is 0 Å². The van der Waals surface area contributed by atoms with Crippen molar-refractivity contribution in [3.05, 3.63) is 125 Å². The maximum absolute atomic E-state index is 13.1. The van der Waals surface area contributed by atoms with Crippen molar-refractivity contribution in [2.75, 3.05) is 18.5 Å². The van der Waals surface area contributed by atoms with E-state index in [4.69, 9.17) is 5.26 Å². The van der Waals surface area contributed by atoms with Crippen LogP contribution in [-0.4, -0.2) is 41.2 Å². The second kappa shape index (κ2) is 20.1. The van der Waals surface area contributed by atoms with Crippen molar-refractivity contribution in [3.8, 4) is 6.07 Å². The molecule has 8 heteroatoms. The van der Waals surface area contributed by atoms with E-state index < -0.39 is 17.5 Å². The Morgan fingerprint density at radius 2 is 1.72 bits per heavy atom. The van der Waals surface area contributed by atoms with Gasteiger partial charge in [-0.2, -0.15) is 18.4 Å². The lowest BCUT2D eigenvalue weighted by Gasteiger charge is -2.33. The quantitative estimate of drug-likeness (QED) is 0.160. The van der Waals surface area contributed by atoms with E-state index in [2.05, 4.69) is 71.7 Å². The SMILES string of the molecule is CC.CC/C=C(/C=C(\Nc1cccc(C#N)c1)C(=O)CCC)C(F)(F)F.Cc1cccc(C(c2ccccc2)N2CCCC2CO)c1. The number of nitrogens with one attached hydrogen (secondary N) is 1. The van der Waals surface area contributed by atoms with E-state index in [1.807, 2.05) is 19.9 Å². The highest BCUT2D eigenvalue weighted by Gasteiger charge is 2.33. The van der Waals surface area contributed by atoms with Crippen LogP contribution in [0.2, 0.25) is 0 Å². The van der Waals surface area contributed by atoms with Crippen molar-refractivity contribution in [1.29, 1.82) is 5.26 Å². The van der Waals surface area contributed by atoms with Gasteiger partial charge in [-0.25, -0.2) is 0 Å². The first-order valence-electron chi connectivity index (χ1n) is 16.4. The number of carbonyl (C=O) groups is 1. The van der Waals surface area contributed by atoms with Gasteiger partial charge in [-0.3, -0.25) is 9.69 Å². The summed E-state index contributed by atoms with van der Waals surface area (Å²) in [5.41, 5.74) is 3.65. The van der Waals surface area contributed by atoms with Gasteiger partial charge in [0.25, 0.3) is 0 Å². The fourth-order valence-electron chi connectivity index (χ4n) is 5.45. The molecule has 2 N–H and O–H groups in total. The Balaban J connectivity index is 0.000000312. The summed E-state index contributed by atoms with van der Waals surface area (Å²) < 4.78 is 39.2. The van der Waals surface area contributed by atoms with E-state index in [9.17, 15) is 23.1 Å². The number of likely N-dealkylation sites (tertiary alicyclic amines) is 1. The number of anilines is 1. The molecule has 1 fully saturated rings. The number of aliphatic hydroxyl groups is 1. The number of Topliss-reactive ketones (excluding diaryl/α,β-unsaturated/α-hetero) is 1. The highest BCUT2D eigenvalue weighted by molar-refractivity contribution is 5.98. The van der Waals surface area contributed by atoms with Gasteiger partial charge in [0.1, 0.15) is 0 Å². The van der Waals surface area contributed by atoms with Crippen LogP contribution in [0.4, 0.5) is 18.9 Å². The molecule has 1 aliphatic rings. The number of hydrogen-bond donors (Lipinski definition) is 2. The molecule has 5 nitrogen and oxygen atoms in total. The molecule has 2 unspecified atom stereocenters. The summed E-state index contributed by atoms with van der Waals surface area (Å²) in [7, 11) is 0. The largest absolute Gasteiger partial charge is 0.416 e. The third-order valence-electron chi connectivity index (χ3n) is 7.54. The van der Waals surface area contributed by atoms with E-state index in [1.165, 1.54) is 29.2 Å². The molecule has 1 aliphatic heterocycles. The second-order valence-corrected chi connectivity index (χ2v) is 11.1. The van der Waals surface area contributed by atoms with E-state index >= 15 is 0 Å². The number of nitrogens with zero attached hydrogens (tertiary/aromatic N) is 2. The van der Waals surface area contributed by atoms with Crippen molar-refractivity contribution >= 4 is 11.5 Å². The number of ketones is 1. The van der Waals surface area contributed by atoms with Crippen molar-refractivity contribution in [2.45, 2.75) is 85.0 Å². The third kappa shape index (κ3) is 12.2. The lowest BCUT2D eigenvalue weighted by Crippen LogP contribution is -2.36. The fourth-order valence-corrected chi connectivity index (χ4v) is 5.45. The van der Waals surface area contributed by atoms with Crippen LogP contribution in [-0.2, 0) is 4.79 Å². The van der Waals surface area contributed by atoms with Crippen LogP contribution < -0.4 is 5.32 Å². The molecule has 3 aromatic rings. The Kier molecular flexibility index (Phi) is 16.7. The minimum atomic E-state index is -4.54. The van der Waals surface area contributed by atoms with Crippen LogP contribution >= 0.6 is 0 Å². The van der Waals surface area contributed by atoms with E-state index in [0.717, 1.165) is 25.1 Å². The first kappa shape index (κ1) is 39.0. The van der Waals surface area contributed by atoms with Crippen molar-refractivity contribution in [1.82, 2.24) is 4.90 Å². The topological polar surface area (TPSA) is 76.4 Å². The average Bonchev–Trinajstić information content (AvgIpc) is 3.54. The number of hydrogen-bond acceptors (Lipinski definition) is 5. The number of rotatable bonds is 11. The summed E-state index contributed by atoms with van der Waals surface area (Å²) in [5.74, 6) is -0.411. The van der Waals surface area contributed by atoms with E-state index in [0.29, 0.717) is 17.7 Å². The highest BCUT2D eigenvalue weighted by atomic mass is 19.4. The number of halogens is 3. The molecular formula is C39H48F3N3O2. The van der Waals surface area contributed by atoms with E-state index in [-0.39, 0.29) is 37.2 Å². The molecule has 0 bridgehead atoms. The zero-order valence-corrected chi connectivity index (χ0v) is 28.1. The highest BCUT2D eigenvalue weighted by Crippen LogP contribution is 2.35. The molecule has 1 saturated heterocycles. The Hall–Kier alpha value is -4.19. The van der Waals surface area contributed by atoms with Gasteiger partial charge < -0.3 is 10.4 Å². The maximum Gasteiger partial charge on any atom is 0.416 e. The van der Waals surface area contributed by atoms with Crippen molar-refractivity contribution in [2.24, 2.45) is 0 Å². The molecule has 252 valence electrons. The normalized spacial score (nSPS) is 15.8. The van der Waals surface area contributed by atoms with Gasteiger partial charge >= 0.3 is 6.18 Å². The standard InChI is InChI=1S/C19H23NO.C18H19F3N2O.C2H6/c1-15-7-5-10-17(13-15)19(16-8-3-2-4-9-16)20-12-6-11-18(20)14-21;1-3-6-14(18(19,20)21)11-16(17(24)7-4-2)23-15-9-5-8-13(10-15)12-22;1-2/h2-5,7-10,13,18-19,21H,6,11-12,14H2,1H3;5-6,8-11,23H,3-4,7H2,1-2H3;1-2H3/b;14-6-,16-11-;. The van der Waals surface area contributed by atoms with Crippen LogP contribution in [0.25, 0.3) is 0 Å². The summed E-state index contributed by atoms with van der Waals surface area (Å²) in [4.78, 5) is 14.6. The number of aliphatic hydroxyl groups excluding tert-OH is 1. The predicted octanol–water partition coefficient (Wildman–Crippen LogP) is 9.69. The lowest BCUT2D eigenvalue weighted by atomic mass is 9.95. The number of alkyl halides is 3. The molecule has 0 amide bonds. The van der Waals surface area contributed by atoms with Gasteiger partial charge in [0.2, 0.25) is 0 Å². The number of carbonyl (C=O) groups excluding carboxylic acids is 1. The number of nitriles is 1. The fraction of sp³-hybridized carbons (Fsp3) is 0.385. The predicted molar refractivity (Wildman–Crippen MR) is 185 cm³/mol. The van der Waals surface area contributed by atoms with Crippen LogP contribution in [0.15, 0.2) is 102 Å². The first-order chi connectivity index (χ1) is 22.6. The summed E-state index contributed by atoms with van der Waals surface area (Å²) in [6.45, 7) is 10.8. The van der Waals surface area contributed by atoms with Gasteiger partial charge in [-0.15, -0.1) is 0 Å². The smallest absolute Gasteiger partial charge is 0.395 e. The van der Waals surface area contributed by atoms with Gasteiger partial charge in [-0.1, -0.05) is 100.0 Å². The maximum atomic E-state index is 13.1. The monoisotopic (exact) mass is 647 g/mol. The van der Waals surface area contributed by atoms with Crippen molar-refractivity contribution in [3.63, 3.8) is 0 Å². The lowest BCUT2D eigenvalue weighted by molar-refractivity contribution is -0.115. The molecule has 3 aromatic carbocycles. The summed E-state index contributed by atoms with van der Waals surface area (Å²) in [6, 6.07) is 28.1. The van der Waals surface area contributed by atoms with Crippen LogP contribution in [0.5, 0.6) is 0 Å². The Labute approximate surface area is 278 Å². The average molecular weight is 648 g/mol. The second-order valence-electron chi connectivity index (χ2n) is 11.1. The Morgan fingerprint density at radius 3 is 2.32 bits per heavy atom. The molecule has 0 saturated carbocycles. The molecule has 0 aromatic heterocycles. The Morgan fingerprint density at radius 1 is 1.04 bits per heavy atom. The summed E-state index contributed by atoms with van der Waals surface area (Å²) in [5, 5.41) is 21.3. The van der Waals surface area contributed by atoms with Gasteiger partial charge in [0.15, 0.2) is 5.78 Å². The molecule has 47 heavy (non-hydrogen) atoms. The van der Waals surface area contributed by atoms with Crippen LogP contribution in [0.1, 0.15) is 88.1 Å². The zero-order chi connectivity index (χ0) is 34.8. The molecule has 0 spiro atoms. The van der Waals surface area contributed by atoms with Gasteiger partial charge in [-0.05, 0) is 74.6 Å². The van der Waals surface area contributed by atoms with Gasteiger partial charge in [0, 0.05) is 18.2 Å². The van der Waals surface area contributed by atoms with Crippen LogP contribution in [0, 0.1) is 18.3 Å². The Bertz CT molecular complexity index is 1490. The molecule has 2 atom stereocenters. The minimum Gasteiger partial charge on any atom is -0.395 e. The van der Waals surface area contributed by atoms with Crippen molar-refractivity contribution < 1.29 is 23.1 Å². The molecule has 0 aliphatic carbocycles. The molecule has 4 rings (SSSR count).